The number of aromatic nitrogens is 2. The van der Waals surface area contributed by atoms with Crippen molar-refractivity contribution in [2.75, 3.05) is 12.0 Å². The van der Waals surface area contributed by atoms with Crippen molar-refractivity contribution in [1.29, 1.82) is 0 Å². The minimum atomic E-state index is -0.503. The molecule has 21 heavy (non-hydrogen) atoms. The highest BCUT2D eigenvalue weighted by Gasteiger charge is 2.17. The number of esters is 1. The second kappa shape index (κ2) is 6.94. The second-order valence-corrected chi connectivity index (χ2v) is 5.10. The van der Waals surface area contributed by atoms with E-state index in [1.165, 1.54) is 5.56 Å². The van der Waals surface area contributed by atoms with Gasteiger partial charge in [-0.15, -0.1) is 5.10 Å². The van der Waals surface area contributed by atoms with Crippen molar-refractivity contribution in [3.05, 3.63) is 41.1 Å². The van der Waals surface area contributed by atoms with Crippen molar-refractivity contribution < 1.29 is 9.53 Å². The molecule has 0 aliphatic heterocycles. The third-order valence-corrected chi connectivity index (χ3v) is 3.38. The van der Waals surface area contributed by atoms with Crippen LogP contribution in [-0.2, 0) is 4.74 Å². The molecule has 1 heterocycles. The number of hydrogen-bond donors (Lipinski definition) is 1. The maximum absolute atomic E-state index is 11.7. The molecule has 0 aliphatic carbocycles. The van der Waals surface area contributed by atoms with Crippen molar-refractivity contribution in [3.8, 4) is 0 Å². The van der Waals surface area contributed by atoms with Crippen LogP contribution in [0, 0.1) is 6.92 Å². The van der Waals surface area contributed by atoms with Crippen LogP contribution in [0.2, 0.25) is 0 Å². The van der Waals surface area contributed by atoms with Gasteiger partial charge in [0.2, 0.25) is 5.69 Å². The summed E-state index contributed by atoms with van der Waals surface area (Å²) >= 11 is 1.06. The Balaban J connectivity index is 2.12. The van der Waals surface area contributed by atoms with Crippen LogP contribution in [0.15, 0.2) is 29.4 Å². The highest BCUT2D eigenvalue weighted by Crippen LogP contribution is 2.18. The third kappa shape index (κ3) is 3.85. The first-order chi connectivity index (χ1) is 10.1. The van der Waals surface area contributed by atoms with Gasteiger partial charge in [-0.05, 0) is 26.3 Å². The van der Waals surface area contributed by atoms with Gasteiger partial charge in [0.25, 0.3) is 0 Å². The van der Waals surface area contributed by atoms with Gasteiger partial charge in [-0.1, -0.05) is 34.3 Å². The predicted molar refractivity (Wildman–Crippen MR) is 82.9 cm³/mol. The normalized spacial score (nSPS) is 11.3. The predicted octanol–water partition coefficient (Wildman–Crippen LogP) is 2.86. The number of hydrazone groups is 1. The summed E-state index contributed by atoms with van der Waals surface area (Å²) in [7, 11) is 0. The molecule has 6 nitrogen and oxygen atoms in total. The molecule has 1 N–H and O–H groups in total. The molecule has 0 saturated carbocycles. The van der Waals surface area contributed by atoms with Crippen LogP contribution in [-0.4, -0.2) is 27.9 Å². The monoisotopic (exact) mass is 304 g/mol. The van der Waals surface area contributed by atoms with E-state index in [4.69, 9.17) is 4.74 Å². The Kier molecular flexibility index (Phi) is 4.99. The van der Waals surface area contributed by atoms with Gasteiger partial charge in [-0.2, -0.15) is 5.10 Å². The lowest BCUT2D eigenvalue weighted by Gasteiger charge is -2.03. The largest absolute Gasteiger partial charge is 0.461 e. The Morgan fingerprint density at radius 2 is 2.10 bits per heavy atom. The molecule has 0 unspecified atom stereocenters. The minimum Gasteiger partial charge on any atom is -0.461 e. The number of nitrogens with one attached hydrogen (secondary N) is 1. The first-order valence-electron chi connectivity index (χ1n) is 6.48. The van der Waals surface area contributed by atoms with Crippen molar-refractivity contribution >= 4 is 28.2 Å². The number of hydrogen-bond acceptors (Lipinski definition) is 7. The summed E-state index contributed by atoms with van der Waals surface area (Å²) in [5.74, 6) is -0.503. The van der Waals surface area contributed by atoms with Crippen LogP contribution in [0.5, 0.6) is 0 Å². The van der Waals surface area contributed by atoms with E-state index in [-0.39, 0.29) is 5.69 Å². The van der Waals surface area contributed by atoms with E-state index < -0.39 is 5.97 Å². The lowest BCUT2D eigenvalue weighted by molar-refractivity contribution is 0.0520. The lowest BCUT2D eigenvalue weighted by Crippen LogP contribution is -2.08. The fourth-order valence-corrected chi connectivity index (χ4v) is 2.09. The van der Waals surface area contributed by atoms with Crippen LogP contribution < -0.4 is 5.43 Å². The molecule has 2 rings (SSSR count). The number of nitrogens with zero attached hydrogens (tertiary/aromatic N) is 3. The number of anilines is 1. The molecule has 0 aliphatic rings. The van der Waals surface area contributed by atoms with E-state index in [2.05, 4.69) is 20.1 Å². The summed E-state index contributed by atoms with van der Waals surface area (Å²) in [5.41, 5.74) is 5.98. The topological polar surface area (TPSA) is 76.5 Å². The Bertz CT molecular complexity index is 649. The molecule has 2 aromatic rings. The highest BCUT2D eigenvalue weighted by molar-refractivity contribution is 7.10. The molecular formula is C14H16N4O2S. The van der Waals surface area contributed by atoms with E-state index in [1.54, 1.807) is 6.92 Å². The van der Waals surface area contributed by atoms with Crippen LogP contribution >= 0.6 is 11.5 Å². The van der Waals surface area contributed by atoms with Crippen molar-refractivity contribution in [2.45, 2.75) is 20.8 Å². The molecule has 1 aromatic carbocycles. The summed E-state index contributed by atoms with van der Waals surface area (Å²) < 4.78 is 8.66. The summed E-state index contributed by atoms with van der Waals surface area (Å²) in [6, 6.07) is 8.03. The van der Waals surface area contributed by atoms with E-state index in [9.17, 15) is 4.79 Å². The summed E-state index contributed by atoms with van der Waals surface area (Å²) in [4.78, 5) is 11.7. The van der Waals surface area contributed by atoms with Crippen molar-refractivity contribution in [3.63, 3.8) is 0 Å². The van der Waals surface area contributed by atoms with E-state index in [0.717, 1.165) is 22.8 Å². The molecule has 0 bridgehead atoms. The Hall–Kier alpha value is -2.28. The number of ether oxygens (including phenoxy) is 1. The van der Waals surface area contributed by atoms with E-state index in [1.807, 2.05) is 38.1 Å². The summed E-state index contributed by atoms with van der Waals surface area (Å²) in [6.07, 6.45) is 0. The quantitative estimate of drug-likeness (QED) is 0.522. The molecule has 0 amide bonds. The first-order valence-corrected chi connectivity index (χ1v) is 7.26. The number of carbonyl (C=O) groups is 1. The zero-order valence-corrected chi connectivity index (χ0v) is 12.9. The van der Waals surface area contributed by atoms with Gasteiger partial charge < -0.3 is 4.74 Å². The molecule has 0 saturated heterocycles. The van der Waals surface area contributed by atoms with Crippen LogP contribution in [0.4, 0.5) is 5.00 Å². The maximum atomic E-state index is 11.7. The molecule has 0 radical (unpaired) electrons. The van der Waals surface area contributed by atoms with Gasteiger partial charge in [0.05, 0.1) is 12.3 Å². The zero-order chi connectivity index (χ0) is 15.2. The van der Waals surface area contributed by atoms with E-state index in [0.29, 0.717) is 11.6 Å². The fraction of sp³-hybridized carbons (Fsp3) is 0.286. The molecule has 0 atom stereocenters. The fourth-order valence-electron chi connectivity index (χ4n) is 1.59. The number of rotatable bonds is 5. The standard InChI is InChI=1S/C14H16N4O2S/c1-4-20-14(19)12-13(21-18-16-12)17-15-10(3)11-7-5-9(2)6-8-11/h5-8,17H,4H2,1-3H3. The Labute approximate surface area is 127 Å². The average molecular weight is 304 g/mol. The van der Waals surface area contributed by atoms with Gasteiger partial charge >= 0.3 is 5.97 Å². The number of aryl methyl sites for hydroxylation is 1. The molecule has 1 aromatic heterocycles. The molecular weight excluding hydrogens is 288 g/mol. The maximum Gasteiger partial charge on any atom is 0.362 e. The minimum absolute atomic E-state index is 0.155. The lowest BCUT2D eigenvalue weighted by atomic mass is 10.1. The molecule has 0 spiro atoms. The third-order valence-electron chi connectivity index (χ3n) is 2.75. The number of carbonyl (C=O) groups excluding carboxylic acids is 1. The van der Waals surface area contributed by atoms with Crippen LogP contribution in [0.3, 0.4) is 0 Å². The molecule has 110 valence electrons. The van der Waals surface area contributed by atoms with Gasteiger partial charge in [-0.25, -0.2) is 4.79 Å². The molecule has 0 fully saturated rings. The smallest absolute Gasteiger partial charge is 0.362 e. The van der Waals surface area contributed by atoms with Crippen molar-refractivity contribution in [2.24, 2.45) is 5.10 Å². The van der Waals surface area contributed by atoms with Crippen LogP contribution in [0.25, 0.3) is 0 Å². The number of benzene rings is 1. The summed E-state index contributed by atoms with van der Waals surface area (Å²) in [6.45, 7) is 5.95. The highest BCUT2D eigenvalue weighted by atomic mass is 32.1. The average Bonchev–Trinajstić information content (AvgIpc) is 2.94. The van der Waals surface area contributed by atoms with Gasteiger partial charge in [-0.3, -0.25) is 5.43 Å². The van der Waals surface area contributed by atoms with Gasteiger partial charge in [0.1, 0.15) is 0 Å². The SMILES string of the molecule is CCOC(=O)c1nnsc1NN=C(C)c1ccc(C)cc1. The van der Waals surface area contributed by atoms with E-state index >= 15 is 0 Å². The van der Waals surface area contributed by atoms with Gasteiger partial charge in [0.15, 0.2) is 5.00 Å². The van der Waals surface area contributed by atoms with Crippen LogP contribution in [0.1, 0.15) is 35.5 Å². The van der Waals surface area contributed by atoms with Crippen molar-refractivity contribution in [1.82, 2.24) is 9.59 Å². The zero-order valence-electron chi connectivity index (χ0n) is 12.1. The second-order valence-electron chi connectivity index (χ2n) is 4.35. The van der Waals surface area contributed by atoms with Gasteiger partial charge in [0, 0.05) is 11.5 Å². The summed E-state index contributed by atoms with van der Waals surface area (Å²) in [5, 5.41) is 8.49. The first kappa shape index (κ1) is 15.1. The molecule has 7 heteroatoms. The Morgan fingerprint density at radius 1 is 1.38 bits per heavy atom. The Morgan fingerprint density at radius 3 is 2.76 bits per heavy atom.